The first-order valence-corrected chi connectivity index (χ1v) is 10.3. The van der Waals surface area contributed by atoms with Crippen LogP contribution in [0.15, 0.2) is 30.3 Å². The summed E-state index contributed by atoms with van der Waals surface area (Å²) >= 11 is 6.75. The minimum atomic E-state index is -0.347. The fourth-order valence-electron chi connectivity index (χ4n) is 3.76. The summed E-state index contributed by atoms with van der Waals surface area (Å²) in [5.74, 6) is -0.523. The van der Waals surface area contributed by atoms with Gasteiger partial charge in [-0.1, -0.05) is 23.7 Å². The molecule has 0 bridgehead atoms. The van der Waals surface area contributed by atoms with Crippen molar-refractivity contribution >= 4 is 35.8 Å². The number of nitrogens with one attached hydrogen (secondary N) is 3. The fourth-order valence-corrected chi connectivity index (χ4v) is 4.15. The number of benzene rings is 2. The van der Waals surface area contributed by atoms with E-state index in [9.17, 15) is 14.7 Å². The molecule has 1 aliphatic rings. The molecule has 30 heavy (non-hydrogen) atoms. The third-order valence-corrected chi connectivity index (χ3v) is 5.54. The van der Waals surface area contributed by atoms with Gasteiger partial charge in [-0.05, 0) is 61.7 Å². The quantitative estimate of drug-likeness (QED) is 0.561. The Kier molecular flexibility index (Phi) is 8.53. The van der Waals surface area contributed by atoms with E-state index in [2.05, 4.69) is 16.0 Å². The maximum Gasteiger partial charge on any atom is 0.253 e. The van der Waals surface area contributed by atoms with E-state index in [4.69, 9.17) is 11.6 Å². The molecule has 1 heterocycles. The van der Waals surface area contributed by atoms with Gasteiger partial charge in [0.2, 0.25) is 0 Å². The number of phenols is 1. The number of carbonyl (C=O) groups excluding carboxylic acids is 2. The zero-order chi connectivity index (χ0) is 21.0. The van der Waals surface area contributed by atoms with Crippen molar-refractivity contribution in [3.05, 3.63) is 63.2 Å². The van der Waals surface area contributed by atoms with E-state index in [-0.39, 0.29) is 47.0 Å². The Hall–Kier alpha value is -2.28. The van der Waals surface area contributed by atoms with Crippen LogP contribution in [-0.4, -0.2) is 43.1 Å². The highest BCUT2D eigenvalue weighted by atomic mass is 35.5. The van der Waals surface area contributed by atoms with E-state index >= 15 is 0 Å². The highest BCUT2D eigenvalue weighted by Gasteiger charge is 2.29. The van der Waals surface area contributed by atoms with E-state index < -0.39 is 0 Å². The van der Waals surface area contributed by atoms with Gasteiger partial charge < -0.3 is 21.1 Å². The molecule has 0 aromatic heterocycles. The van der Waals surface area contributed by atoms with Crippen molar-refractivity contribution in [3.8, 4) is 5.75 Å². The largest absolute Gasteiger partial charge is 0.508 e. The van der Waals surface area contributed by atoms with E-state index in [0.717, 1.165) is 23.2 Å². The smallest absolute Gasteiger partial charge is 0.253 e. The van der Waals surface area contributed by atoms with Crippen molar-refractivity contribution in [1.82, 2.24) is 16.0 Å². The molecule has 0 saturated carbocycles. The Bertz CT molecular complexity index is 917. The van der Waals surface area contributed by atoms with Gasteiger partial charge in [-0.25, -0.2) is 0 Å². The Balaban J connectivity index is 0.00000320. The predicted octanol–water partition coefficient (Wildman–Crippen LogP) is 3.24. The number of fused-ring (bicyclic) bond motifs is 1. The minimum Gasteiger partial charge on any atom is -0.508 e. The summed E-state index contributed by atoms with van der Waals surface area (Å²) in [7, 11) is 0. The minimum absolute atomic E-state index is 0. The lowest BCUT2D eigenvalue weighted by atomic mass is 9.85. The summed E-state index contributed by atoms with van der Waals surface area (Å²) in [5, 5.41) is 18.9. The Morgan fingerprint density at radius 1 is 1.13 bits per heavy atom. The lowest BCUT2D eigenvalue weighted by Gasteiger charge is -2.22. The molecule has 0 fully saturated rings. The molecular weight excluding hydrogens is 425 g/mol. The van der Waals surface area contributed by atoms with Gasteiger partial charge >= 0.3 is 0 Å². The fraction of sp³-hybridized carbons (Fsp3) is 0.364. The maximum absolute atomic E-state index is 12.8. The van der Waals surface area contributed by atoms with E-state index in [1.807, 2.05) is 26.0 Å². The van der Waals surface area contributed by atoms with Crippen LogP contribution in [0.2, 0.25) is 5.02 Å². The molecule has 0 aliphatic carbocycles. The summed E-state index contributed by atoms with van der Waals surface area (Å²) in [5.41, 5.74) is 3.32. The Morgan fingerprint density at radius 3 is 2.40 bits per heavy atom. The third-order valence-electron chi connectivity index (χ3n) is 5.12. The maximum atomic E-state index is 12.8. The highest BCUT2D eigenvalue weighted by Crippen LogP contribution is 2.37. The number of hydrogen-bond donors (Lipinski definition) is 4. The number of aromatic hydroxyl groups is 1. The van der Waals surface area contributed by atoms with Crippen molar-refractivity contribution < 1.29 is 14.7 Å². The summed E-state index contributed by atoms with van der Waals surface area (Å²) in [6, 6.07) is 8.84. The average Bonchev–Trinajstić information content (AvgIpc) is 2.91. The van der Waals surface area contributed by atoms with Gasteiger partial charge in [0, 0.05) is 25.6 Å². The normalized spacial score (nSPS) is 15.4. The Morgan fingerprint density at radius 2 is 1.77 bits per heavy atom. The average molecular weight is 452 g/mol. The molecule has 0 unspecified atom stereocenters. The zero-order valence-corrected chi connectivity index (χ0v) is 18.6. The lowest BCUT2D eigenvalue weighted by molar-refractivity contribution is 0.0921. The van der Waals surface area contributed by atoms with Crippen LogP contribution >= 0.6 is 24.0 Å². The first kappa shape index (κ1) is 24.0. The molecule has 0 spiro atoms. The molecular formula is C22H27Cl2N3O3. The lowest BCUT2D eigenvalue weighted by Crippen LogP contribution is -2.30. The van der Waals surface area contributed by atoms with Crippen LogP contribution in [0.5, 0.6) is 5.75 Å². The molecule has 2 aromatic carbocycles. The van der Waals surface area contributed by atoms with Crippen molar-refractivity contribution in [2.24, 2.45) is 0 Å². The summed E-state index contributed by atoms with van der Waals surface area (Å²) < 4.78 is 0. The van der Waals surface area contributed by atoms with Crippen LogP contribution < -0.4 is 16.0 Å². The van der Waals surface area contributed by atoms with Crippen LogP contribution in [-0.2, 0) is 6.42 Å². The van der Waals surface area contributed by atoms with Crippen LogP contribution in [0, 0.1) is 0 Å². The van der Waals surface area contributed by atoms with Crippen LogP contribution in [0.1, 0.15) is 57.2 Å². The zero-order valence-electron chi connectivity index (χ0n) is 17.0. The molecule has 0 radical (unpaired) electrons. The predicted molar refractivity (Wildman–Crippen MR) is 121 cm³/mol. The first-order valence-electron chi connectivity index (χ1n) is 9.89. The Labute approximate surface area is 187 Å². The van der Waals surface area contributed by atoms with Crippen LogP contribution in [0.25, 0.3) is 0 Å². The van der Waals surface area contributed by atoms with Crippen molar-refractivity contribution in [2.75, 3.05) is 26.2 Å². The molecule has 1 aliphatic heterocycles. The van der Waals surface area contributed by atoms with Gasteiger partial charge in [0.05, 0.1) is 16.1 Å². The molecule has 6 nitrogen and oxygen atoms in total. The monoisotopic (exact) mass is 451 g/mol. The van der Waals surface area contributed by atoms with Gasteiger partial charge in [-0.15, -0.1) is 12.4 Å². The number of amides is 2. The van der Waals surface area contributed by atoms with E-state index in [1.165, 1.54) is 0 Å². The van der Waals surface area contributed by atoms with Crippen molar-refractivity contribution in [3.63, 3.8) is 0 Å². The molecule has 1 atom stereocenters. The van der Waals surface area contributed by atoms with Gasteiger partial charge in [0.1, 0.15) is 5.75 Å². The second kappa shape index (κ2) is 10.7. The molecule has 2 amide bonds. The second-order valence-electron chi connectivity index (χ2n) is 7.00. The number of carbonyl (C=O) groups is 2. The molecule has 162 valence electrons. The van der Waals surface area contributed by atoms with Gasteiger partial charge in [-0.3, -0.25) is 9.59 Å². The summed E-state index contributed by atoms with van der Waals surface area (Å²) in [4.78, 5) is 25.5. The highest BCUT2D eigenvalue weighted by molar-refractivity contribution is 6.35. The van der Waals surface area contributed by atoms with Gasteiger partial charge in [0.15, 0.2) is 0 Å². The third kappa shape index (κ3) is 4.89. The summed E-state index contributed by atoms with van der Waals surface area (Å²) in [6.45, 7) is 5.94. The first-order chi connectivity index (χ1) is 14.0. The van der Waals surface area contributed by atoms with Crippen molar-refractivity contribution in [1.29, 1.82) is 0 Å². The van der Waals surface area contributed by atoms with Gasteiger partial charge in [0.25, 0.3) is 11.8 Å². The number of halogens is 2. The SMILES string of the molecule is CCNC(=O)c1cc2c(c(Cl)c1C(=O)NCC)CCNC[C@@H]2c1ccc(O)cc1.Cl. The van der Waals surface area contributed by atoms with E-state index in [1.54, 1.807) is 18.2 Å². The number of phenolic OH excluding ortho intramolecular Hbond substituents is 1. The van der Waals surface area contributed by atoms with Crippen molar-refractivity contribution in [2.45, 2.75) is 26.2 Å². The van der Waals surface area contributed by atoms with Crippen LogP contribution in [0.3, 0.4) is 0 Å². The van der Waals surface area contributed by atoms with Crippen LogP contribution in [0.4, 0.5) is 0 Å². The molecule has 0 saturated heterocycles. The topological polar surface area (TPSA) is 90.5 Å². The van der Waals surface area contributed by atoms with E-state index in [0.29, 0.717) is 31.1 Å². The standard InChI is InChI=1S/C22H26ClN3O3.ClH/c1-3-25-21(28)17-11-16-15(20(23)19(17)22(29)26-4-2)9-10-24-12-18(16)13-5-7-14(27)8-6-13;/h5-8,11,18,24,27H,3-4,9-10,12H2,1-2H3,(H,25,28)(H,26,29);1H/t18-;/m1./s1. The number of hydrogen-bond acceptors (Lipinski definition) is 4. The molecule has 2 aromatic rings. The molecule has 3 rings (SSSR count). The second-order valence-corrected chi connectivity index (χ2v) is 7.38. The number of rotatable bonds is 5. The molecule has 4 N–H and O–H groups in total. The van der Waals surface area contributed by atoms with Gasteiger partial charge in [-0.2, -0.15) is 0 Å². The summed E-state index contributed by atoms with van der Waals surface area (Å²) in [6.07, 6.45) is 0.658. The molecule has 8 heteroatoms.